The van der Waals surface area contributed by atoms with Crippen molar-refractivity contribution >= 4 is 11.8 Å². The normalized spacial score (nSPS) is 42.7. The quantitative estimate of drug-likeness (QED) is 0.256. The van der Waals surface area contributed by atoms with Crippen LogP contribution in [0, 0.1) is 52.3 Å². The second-order valence-electron chi connectivity index (χ2n) is 13.9. The molecule has 4 aliphatic rings. The monoisotopic (exact) mass is 486 g/mol. The molecule has 1 unspecified atom stereocenters. The number of rotatable bonds is 6. The molecule has 0 bridgehead atoms. The standard InChI is InChI=1S/C31H50O4/c1-19(2)27(32)23(28(33)35-7)17-20(3)24-9-8-10-25-22-12-11-21-18-29(4,34)15-16-30(21,5)26(22)13-14-31(24,25)6/h11,19-20,22-26,34H,8-10,12-18H2,1-7H3/t20-,22+,23?,24-,25+,26+,29+,30+,31-/m1/s1. The number of hydrogen-bond acceptors (Lipinski definition) is 4. The van der Waals surface area contributed by atoms with Crippen LogP contribution in [0.25, 0.3) is 0 Å². The predicted octanol–water partition coefficient (Wildman–Crippen LogP) is 6.75. The molecule has 198 valence electrons. The lowest BCUT2D eigenvalue weighted by Gasteiger charge is -2.63. The molecule has 4 rings (SSSR count). The van der Waals surface area contributed by atoms with Crippen LogP contribution in [-0.2, 0) is 14.3 Å². The third-order valence-electron chi connectivity index (χ3n) is 11.4. The maximum absolute atomic E-state index is 12.9. The first kappa shape index (κ1) is 26.9. The predicted molar refractivity (Wildman–Crippen MR) is 140 cm³/mol. The summed E-state index contributed by atoms with van der Waals surface area (Å²) in [6, 6.07) is 0. The molecule has 0 aromatic heterocycles. The molecule has 0 heterocycles. The highest BCUT2D eigenvalue weighted by Gasteiger charge is 2.58. The molecule has 0 aliphatic heterocycles. The molecule has 0 aromatic rings. The van der Waals surface area contributed by atoms with Crippen molar-refractivity contribution < 1.29 is 19.4 Å². The van der Waals surface area contributed by atoms with Crippen LogP contribution in [-0.4, -0.2) is 29.6 Å². The zero-order valence-corrected chi connectivity index (χ0v) is 23.4. The number of carbonyl (C=O) groups is 2. The fraction of sp³-hybridized carbons (Fsp3) is 0.871. The van der Waals surface area contributed by atoms with Crippen LogP contribution in [0.5, 0.6) is 0 Å². The van der Waals surface area contributed by atoms with Crippen molar-refractivity contribution in [2.45, 2.75) is 111 Å². The first-order valence-corrected chi connectivity index (χ1v) is 14.4. The summed E-state index contributed by atoms with van der Waals surface area (Å²) in [6.07, 6.45) is 13.4. The van der Waals surface area contributed by atoms with Gasteiger partial charge in [0.2, 0.25) is 0 Å². The number of ether oxygens (including phenoxy) is 1. The van der Waals surface area contributed by atoms with E-state index in [2.05, 4.69) is 26.8 Å². The Kier molecular flexibility index (Phi) is 7.39. The summed E-state index contributed by atoms with van der Waals surface area (Å²) in [6.45, 7) is 13.1. The van der Waals surface area contributed by atoms with Crippen molar-refractivity contribution in [1.82, 2.24) is 0 Å². The molecule has 1 N–H and O–H groups in total. The topological polar surface area (TPSA) is 63.6 Å². The third kappa shape index (κ3) is 4.66. The lowest BCUT2D eigenvalue weighted by Crippen LogP contribution is -2.55. The highest BCUT2D eigenvalue weighted by Crippen LogP contribution is 2.66. The minimum atomic E-state index is -0.635. The first-order valence-electron chi connectivity index (χ1n) is 14.4. The van der Waals surface area contributed by atoms with Crippen LogP contribution in [0.15, 0.2) is 11.6 Å². The second-order valence-corrected chi connectivity index (χ2v) is 13.9. The average molecular weight is 487 g/mol. The molecule has 3 fully saturated rings. The first-order chi connectivity index (χ1) is 16.3. The van der Waals surface area contributed by atoms with E-state index in [-0.39, 0.29) is 28.5 Å². The van der Waals surface area contributed by atoms with Gasteiger partial charge in [-0.15, -0.1) is 0 Å². The van der Waals surface area contributed by atoms with E-state index >= 15 is 0 Å². The number of hydrogen-bond donors (Lipinski definition) is 1. The SMILES string of the molecule is COC(=O)C(C[C@@H](C)[C@H]1CCC[C@H]2[C@@H]3CC=C4C[C@@](C)(O)CC[C@]4(C)[C@H]3CC[C@]12C)C(=O)C(C)C. The fourth-order valence-corrected chi connectivity index (χ4v) is 9.39. The molecule has 0 amide bonds. The number of Topliss-reactive ketones (excluding diaryl/α,β-unsaturated/α-hetero) is 1. The molecule has 0 radical (unpaired) electrons. The van der Waals surface area contributed by atoms with Gasteiger partial charge in [-0.2, -0.15) is 0 Å². The van der Waals surface area contributed by atoms with Gasteiger partial charge < -0.3 is 9.84 Å². The van der Waals surface area contributed by atoms with Crippen LogP contribution in [0.4, 0.5) is 0 Å². The van der Waals surface area contributed by atoms with Crippen LogP contribution in [0.1, 0.15) is 106 Å². The van der Waals surface area contributed by atoms with Crippen LogP contribution < -0.4 is 0 Å². The number of ketones is 1. The Morgan fingerprint density at radius 3 is 2.43 bits per heavy atom. The second kappa shape index (κ2) is 9.62. The molecule has 4 heteroatoms. The Labute approximate surface area is 213 Å². The molecule has 4 nitrogen and oxygen atoms in total. The molecule has 9 atom stereocenters. The minimum Gasteiger partial charge on any atom is -0.468 e. The lowest BCUT2D eigenvalue weighted by atomic mass is 9.42. The zero-order valence-electron chi connectivity index (χ0n) is 23.4. The molecule has 35 heavy (non-hydrogen) atoms. The zero-order chi connectivity index (χ0) is 25.8. The molecule has 0 saturated heterocycles. The Morgan fingerprint density at radius 2 is 1.77 bits per heavy atom. The molecule has 3 saturated carbocycles. The van der Waals surface area contributed by atoms with Crippen LogP contribution >= 0.6 is 0 Å². The van der Waals surface area contributed by atoms with Crippen molar-refractivity contribution in [3.05, 3.63) is 11.6 Å². The van der Waals surface area contributed by atoms with Gasteiger partial charge in [0.05, 0.1) is 12.7 Å². The smallest absolute Gasteiger partial charge is 0.316 e. The summed E-state index contributed by atoms with van der Waals surface area (Å²) in [5.74, 6) is 1.88. The van der Waals surface area contributed by atoms with Crippen molar-refractivity contribution in [1.29, 1.82) is 0 Å². The summed E-state index contributed by atoms with van der Waals surface area (Å²) < 4.78 is 5.07. The Morgan fingerprint density at radius 1 is 1.06 bits per heavy atom. The van der Waals surface area contributed by atoms with Crippen molar-refractivity contribution in [3.63, 3.8) is 0 Å². The summed E-state index contributed by atoms with van der Waals surface area (Å²) in [7, 11) is 1.41. The van der Waals surface area contributed by atoms with E-state index in [4.69, 9.17) is 4.74 Å². The van der Waals surface area contributed by atoms with Gasteiger partial charge in [-0.3, -0.25) is 9.59 Å². The number of carbonyl (C=O) groups excluding carboxylic acids is 2. The van der Waals surface area contributed by atoms with Gasteiger partial charge in [0.15, 0.2) is 0 Å². The van der Waals surface area contributed by atoms with E-state index in [1.807, 2.05) is 20.8 Å². The fourth-order valence-electron chi connectivity index (χ4n) is 9.39. The Balaban J connectivity index is 1.56. The highest BCUT2D eigenvalue weighted by atomic mass is 16.5. The van der Waals surface area contributed by atoms with Gasteiger partial charge in [0.25, 0.3) is 0 Å². The Bertz CT molecular complexity index is 856. The lowest BCUT2D eigenvalue weighted by molar-refractivity contribution is -0.152. The van der Waals surface area contributed by atoms with Gasteiger partial charge in [-0.25, -0.2) is 0 Å². The molecular formula is C31H50O4. The number of fused-ring (bicyclic) bond motifs is 5. The molecule has 0 aromatic carbocycles. The maximum atomic E-state index is 12.9. The largest absolute Gasteiger partial charge is 0.468 e. The van der Waals surface area contributed by atoms with Crippen LogP contribution in [0.3, 0.4) is 0 Å². The molecular weight excluding hydrogens is 436 g/mol. The van der Waals surface area contributed by atoms with Gasteiger partial charge >= 0.3 is 5.97 Å². The van der Waals surface area contributed by atoms with Crippen LogP contribution in [0.2, 0.25) is 0 Å². The van der Waals surface area contributed by atoms with E-state index in [0.717, 1.165) is 31.6 Å². The summed E-state index contributed by atoms with van der Waals surface area (Å²) in [4.78, 5) is 25.5. The number of aliphatic hydroxyl groups is 1. The van der Waals surface area contributed by atoms with Gasteiger partial charge in [-0.05, 0) is 105 Å². The Hall–Kier alpha value is -1.16. The average Bonchev–Trinajstić information content (AvgIpc) is 2.80. The van der Waals surface area contributed by atoms with Crippen molar-refractivity contribution in [2.75, 3.05) is 7.11 Å². The maximum Gasteiger partial charge on any atom is 0.316 e. The number of allylic oxidation sites excluding steroid dienone is 1. The van der Waals surface area contributed by atoms with E-state index in [1.165, 1.54) is 44.8 Å². The minimum absolute atomic E-state index is 0.0241. The number of methoxy groups -OCH3 is 1. The van der Waals surface area contributed by atoms with E-state index < -0.39 is 11.5 Å². The van der Waals surface area contributed by atoms with Crippen molar-refractivity contribution in [2.24, 2.45) is 52.3 Å². The third-order valence-corrected chi connectivity index (χ3v) is 11.4. The summed E-state index contributed by atoms with van der Waals surface area (Å²) in [5.41, 5.74) is 1.48. The highest BCUT2D eigenvalue weighted by molar-refractivity contribution is 5.99. The van der Waals surface area contributed by atoms with Gasteiger partial charge in [0, 0.05) is 5.92 Å². The van der Waals surface area contributed by atoms with Crippen molar-refractivity contribution in [3.8, 4) is 0 Å². The number of esters is 1. The summed E-state index contributed by atoms with van der Waals surface area (Å²) in [5, 5.41) is 10.8. The van der Waals surface area contributed by atoms with Gasteiger partial charge in [0.1, 0.15) is 11.7 Å². The van der Waals surface area contributed by atoms with Gasteiger partial charge in [-0.1, -0.05) is 52.7 Å². The van der Waals surface area contributed by atoms with E-state index in [0.29, 0.717) is 30.1 Å². The van der Waals surface area contributed by atoms with E-state index in [1.54, 1.807) is 0 Å². The summed E-state index contributed by atoms with van der Waals surface area (Å²) >= 11 is 0. The molecule has 4 aliphatic carbocycles. The van der Waals surface area contributed by atoms with E-state index in [9.17, 15) is 14.7 Å². The molecule has 0 spiro atoms.